The first-order valence-corrected chi connectivity index (χ1v) is 3.27. The normalized spacial score (nSPS) is 9.83. The Bertz CT molecular complexity index is 309. The number of benzene rings is 1. The highest BCUT2D eigenvalue weighted by atomic mass is 19.1. The number of halogens is 1. The molecule has 0 fully saturated rings. The predicted molar refractivity (Wildman–Crippen MR) is 39.5 cm³/mol. The molecule has 4 heteroatoms. The highest BCUT2D eigenvalue weighted by Gasteiger charge is 2.10. The van der Waals surface area contributed by atoms with Crippen LogP contribution in [-0.4, -0.2) is 22.6 Å². The topological polar surface area (TPSA) is 57.5 Å². The number of phenolic OH excluding ortho intramolecular Hbond substituents is 1. The molecular weight excluding hydrogens is 163 g/mol. The monoisotopic (exact) mass is 170 g/mol. The molecule has 0 aromatic heterocycles. The molecule has 0 aliphatic rings. The van der Waals surface area contributed by atoms with Crippen LogP contribution in [-0.2, 0) is 0 Å². The van der Waals surface area contributed by atoms with Crippen LogP contribution < -0.4 is 0 Å². The molecule has 1 rings (SSSR count). The Morgan fingerprint density at radius 2 is 2.17 bits per heavy atom. The van der Waals surface area contributed by atoms with Gasteiger partial charge in [0.05, 0.1) is 5.56 Å². The first-order valence-electron chi connectivity index (χ1n) is 3.27. The zero-order valence-electron chi connectivity index (χ0n) is 6.12. The summed E-state index contributed by atoms with van der Waals surface area (Å²) < 4.78 is 12.5. The SMILES string of the molecule is O=C(CO)c1cc(F)ccc1O. The van der Waals surface area contributed by atoms with Crippen LogP contribution in [0.25, 0.3) is 0 Å². The van der Waals surface area contributed by atoms with E-state index in [2.05, 4.69) is 0 Å². The molecule has 0 radical (unpaired) electrons. The minimum absolute atomic E-state index is 0.197. The van der Waals surface area contributed by atoms with E-state index in [9.17, 15) is 9.18 Å². The highest BCUT2D eigenvalue weighted by Crippen LogP contribution is 2.17. The van der Waals surface area contributed by atoms with Gasteiger partial charge in [-0.1, -0.05) is 0 Å². The number of rotatable bonds is 2. The molecule has 2 N–H and O–H groups in total. The van der Waals surface area contributed by atoms with Crippen LogP contribution in [0.4, 0.5) is 4.39 Å². The number of phenols is 1. The van der Waals surface area contributed by atoms with Gasteiger partial charge >= 0.3 is 0 Å². The molecule has 0 spiro atoms. The fourth-order valence-corrected chi connectivity index (χ4v) is 0.817. The zero-order valence-corrected chi connectivity index (χ0v) is 6.12. The molecule has 0 saturated carbocycles. The first-order chi connectivity index (χ1) is 5.65. The van der Waals surface area contributed by atoms with Crippen LogP contribution in [0, 0.1) is 5.82 Å². The number of carbonyl (C=O) groups is 1. The van der Waals surface area contributed by atoms with Crippen LogP contribution >= 0.6 is 0 Å². The second-order valence-corrected chi connectivity index (χ2v) is 2.24. The number of Topliss-reactive ketones (excluding diaryl/α,β-unsaturated/α-hetero) is 1. The van der Waals surface area contributed by atoms with E-state index in [0.717, 1.165) is 18.2 Å². The molecule has 0 heterocycles. The van der Waals surface area contributed by atoms with Gasteiger partial charge in [-0.25, -0.2) is 4.39 Å². The quantitative estimate of drug-likeness (QED) is 0.642. The van der Waals surface area contributed by atoms with Crippen molar-refractivity contribution in [2.45, 2.75) is 0 Å². The fourth-order valence-electron chi connectivity index (χ4n) is 0.817. The minimum atomic E-state index is -0.739. The van der Waals surface area contributed by atoms with E-state index >= 15 is 0 Å². The van der Waals surface area contributed by atoms with E-state index in [1.807, 2.05) is 0 Å². The van der Waals surface area contributed by atoms with Crippen LogP contribution in [0.3, 0.4) is 0 Å². The van der Waals surface area contributed by atoms with Crippen LogP contribution in [0.15, 0.2) is 18.2 Å². The van der Waals surface area contributed by atoms with Crippen molar-refractivity contribution < 1.29 is 19.4 Å². The van der Waals surface area contributed by atoms with Gasteiger partial charge in [0.15, 0.2) is 5.78 Å². The van der Waals surface area contributed by atoms with Crippen LogP contribution in [0.5, 0.6) is 5.75 Å². The standard InChI is InChI=1S/C8H7FO3/c9-5-1-2-7(11)6(3-5)8(12)4-10/h1-3,10-11H,4H2. The minimum Gasteiger partial charge on any atom is -0.507 e. The first kappa shape index (κ1) is 8.67. The van der Waals surface area contributed by atoms with Crippen LogP contribution in [0.2, 0.25) is 0 Å². The van der Waals surface area contributed by atoms with Gasteiger partial charge < -0.3 is 10.2 Å². The fraction of sp³-hybridized carbons (Fsp3) is 0.125. The molecule has 0 amide bonds. The molecule has 1 aromatic carbocycles. The van der Waals surface area contributed by atoms with Gasteiger partial charge in [-0.15, -0.1) is 0 Å². The second-order valence-electron chi connectivity index (χ2n) is 2.24. The number of hydrogen-bond acceptors (Lipinski definition) is 3. The lowest BCUT2D eigenvalue weighted by molar-refractivity contribution is 0.0900. The Kier molecular flexibility index (Phi) is 2.40. The van der Waals surface area contributed by atoms with Crippen molar-refractivity contribution in [1.29, 1.82) is 0 Å². The average molecular weight is 170 g/mol. The molecule has 3 nitrogen and oxygen atoms in total. The third-order valence-electron chi connectivity index (χ3n) is 1.40. The van der Waals surface area contributed by atoms with E-state index in [0.29, 0.717) is 0 Å². The summed E-state index contributed by atoms with van der Waals surface area (Å²) in [5.74, 6) is -1.65. The van der Waals surface area contributed by atoms with Crippen molar-refractivity contribution in [3.8, 4) is 5.75 Å². The van der Waals surface area contributed by atoms with Gasteiger partial charge in [-0.2, -0.15) is 0 Å². The van der Waals surface area contributed by atoms with Crippen molar-refractivity contribution in [2.24, 2.45) is 0 Å². The number of aromatic hydroxyl groups is 1. The van der Waals surface area contributed by atoms with Crippen LogP contribution in [0.1, 0.15) is 10.4 Å². The Morgan fingerprint density at radius 3 is 2.75 bits per heavy atom. The Morgan fingerprint density at radius 1 is 1.50 bits per heavy atom. The van der Waals surface area contributed by atoms with Gasteiger partial charge in [0.1, 0.15) is 18.2 Å². The summed E-state index contributed by atoms with van der Waals surface area (Å²) in [5.41, 5.74) is -0.197. The molecule has 0 aliphatic carbocycles. The number of aliphatic hydroxyl groups is 1. The van der Waals surface area contributed by atoms with Crippen molar-refractivity contribution >= 4 is 5.78 Å². The Labute approximate surface area is 68.1 Å². The molecule has 0 unspecified atom stereocenters. The summed E-state index contributed by atoms with van der Waals surface area (Å²) in [6, 6.07) is 2.98. The summed E-state index contributed by atoms with van der Waals surface area (Å²) in [4.78, 5) is 10.8. The Hall–Kier alpha value is -1.42. The lowest BCUT2D eigenvalue weighted by atomic mass is 10.1. The third-order valence-corrected chi connectivity index (χ3v) is 1.40. The number of hydrogen-bond donors (Lipinski definition) is 2. The van der Waals surface area contributed by atoms with E-state index in [1.54, 1.807) is 0 Å². The second kappa shape index (κ2) is 3.32. The van der Waals surface area contributed by atoms with E-state index in [4.69, 9.17) is 10.2 Å². The number of carbonyl (C=O) groups excluding carboxylic acids is 1. The molecule has 0 saturated heterocycles. The summed E-state index contributed by atoms with van der Waals surface area (Å²) in [7, 11) is 0. The summed E-state index contributed by atoms with van der Waals surface area (Å²) in [5, 5.41) is 17.5. The van der Waals surface area contributed by atoms with E-state index in [1.165, 1.54) is 0 Å². The van der Waals surface area contributed by atoms with Gasteiger partial charge in [0, 0.05) is 0 Å². The molecule has 1 aromatic rings. The lowest BCUT2D eigenvalue weighted by Gasteiger charge is -2.00. The molecule has 0 bridgehead atoms. The Balaban J connectivity index is 3.13. The predicted octanol–water partition coefficient (Wildman–Crippen LogP) is 0.706. The molecule has 0 aliphatic heterocycles. The maximum Gasteiger partial charge on any atom is 0.191 e. The van der Waals surface area contributed by atoms with Gasteiger partial charge in [0.25, 0.3) is 0 Å². The van der Waals surface area contributed by atoms with Gasteiger partial charge in [-0.3, -0.25) is 4.79 Å². The van der Waals surface area contributed by atoms with Crippen molar-refractivity contribution in [2.75, 3.05) is 6.61 Å². The molecular formula is C8H7FO3. The van der Waals surface area contributed by atoms with Crippen molar-refractivity contribution in [3.05, 3.63) is 29.6 Å². The van der Waals surface area contributed by atoms with Crippen molar-refractivity contribution in [3.63, 3.8) is 0 Å². The summed E-state index contributed by atoms with van der Waals surface area (Å²) in [6.45, 7) is -0.739. The van der Waals surface area contributed by atoms with E-state index in [-0.39, 0.29) is 11.3 Å². The maximum absolute atomic E-state index is 12.5. The van der Waals surface area contributed by atoms with Gasteiger partial charge in [0.2, 0.25) is 0 Å². The third kappa shape index (κ3) is 1.60. The van der Waals surface area contributed by atoms with Gasteiger partial charge in [-0.05, 0) is 18.2 Å². The average Bonchev–Trinajstić information content (AvgIpc) is 2.08. The number of aliphatic hydroxyl groups excluding tert-OH is 1. The number of ketones is 1. The molecule has 0 atom stereocenters. The highest BCUT2D eigenvalue weighted by molar-refractivity contribution is 5.99. The molecule has 64 valence electrons. The summed E-state index contributed by atoms with van der Waals surface area (Å²) >= 11 is 0. The largest absolute Gasteiger partial charge is 0.507 e. The smallest absolute Gasteiger partial charge is 0.191 e. The maximum atomic E-state index is 12.5. The zero-order chi connectivity index (χ0) is 9.14. The van der Waals surface area contributed by atoms with E-state index < -0.39 is 18.2 Å². The lowest BCUT2D eigenvalue weighted by Crippen LogP contribution is -2.04. The van der Waals surface area contributed by atoms with Crippen molar-refractivity contribution in [1.82, 2.24) is 0 Å². The summed E-state index contributed by atoms with van der Waals surface area (Å²) in [6.07, 6.45) is 0. The molecule has 12 heavy (non-hydrogen) atoms.